The first-order chi connectivity index (χ1) is 13.9. The maximum absolute atomic E-state index is 12.0. The molecule has 2 amide bonds. The third-order valence-electron chi connectivity index (χ3n) is 4.77. The second kappa shape index (κ2) is 13.3. The molecule has 9 heteroatoms. The number of carbonyl (C=O) groups is 2. The molecule has 1 aromatic rings. The van der Waals surface area contributed by atoms with E-state index in [0.717, 1.165) is 18.4 Å². The van der Waals surface area contributed by atoms with E-state index in [1.165, 1.54) is 5.56 Å². The van der Waals surface area contributed by atoms with Crippen molar-refractivity contribution in [3.8, 4) is 0 Å². The zero-order valence-electron chi connectivity index (χ0n) is 18.3. The van der Waals surface area contributed by atoms with Gasteiger partial charge >= 0.3 is 6.09 Å². The summed E-state index contributed by atoms with van der Waals surface area (Å²) in [5.74, 6) is 0.587. The summed E-state index contributed by atoms with van der Waals surface area (Å²) in [6.45, 7) is 6.22. The van der Waals surface area contributed by atoms with Crippen LogP contribution < -0.4 is 10.6 Å². The molecular formula is C21H34IN5O3. The number of aryl methyl sites for hydroxylation is 1. The van der Waals surface area contributed by atoms with E-state index in [4.69, 9.17) is 4.74 Å². The number of likely N-dealkylation sites (N-methyl/N-ethyl adjacent to an activating group) is 1. The van der Waals surface area contributed by atoms with Crippen molar-refractivity contribution >= 4 is 41.9 Å². The van der Waals surface area contributed by atoms with E-state index in [1.54, 1.807) is 23.9 Å². The minimum absolute atomic E-state index is 0. The highest BCUT2D eigenvalue weighted by atomic mass is 127. The summed E-state index contributed by atoms with van der Waals surface area (Å²) >= 11 is 0. The van der Waals surface area contributed by atoms with Crippen LogP contribution in [0.25, 0.3) is 0 Å². The van der Waals surface area contributed by atoms with Gasteiger partial charge in [-0.05, 0) is 32.3 Å². The van der Waals surface area contributed by atoms with Gasteiger partial charge in [-0.2, -0.15) is 0 Å². The number of piperidine rings is 1. The smallest absolute Gasteiger partial charge is 0.409 e. The normalized spacial score (nSPS) is 14.5. The Bertz CT molecular complexity index is 718. The van der Waals surface area contributed by atoms with Crippen molar-refractivity contribution in [1.29, 1.82) is 0 Å². The van der Waals surface area contributed by atoms with Crippen molar-refractivity contribution in [3.63, 3.8) is 0 Å². The van der Waals surface area contributed by atoms with Gasteiger partial charge < -0.3 is 25.2 Å². The lowest BCUT2D eigenvalue weighted by Crippen LogP contribution is -2.51. The molecule has 0 radical (unpaired) electrons. The molecule has 1 aromatic carbocycles. The van der Waals surface area contributed by atoms with Crippen molar-refractivity contribution < 1.29 is 14.3 Å². The number of guanidine groups is 1. The second-order valence-corrected chi connectivity index (χ2v) is 7.40. The van der Waals surface area contributed by atoms with E-state index in [9.17, 15) is 9.59 Å². The first kappa shape index (κ1) is 26.0. The number of likely N-dealkylation sites (tertiary alicyclic amines) is 1. The zero-order chi connectivity index (χ0) is 21.2. The Morgan fingerprint density at radius 2 is 1.97 bits per heavy atom. The predicted molar refractivity (Wildman–Crippen MR) is 129 cm³/mol. The summed E-state index contributed by atoms with van der Waals surface area (Å²) in [4.78, 5) is 31.8. The molecule has 8 nitrogen and oxygen atoms in total. The Morgan fingerprint density at radius 3 is 2.57 bits per heavy atom. The molecule has 0 atom stereocenters. The highest BCUT2D eigenvalue weighted by molar-refractivity contribution is 14.0. The number of benzene rings is 1. The van der Waals surface area contributed by atoms with Gasteiger partial charge in [0, 0.05) is 33.2 Å². The van der Waals surface area contributed by atoms with Crippen LogP contribution in [0.5, 0.6) is 0 Å². The Morgan fingerprint density at radius 1 is 1.27 bits per heavy atom. The lowest BCUT2D eigenvalue weighted by Gasteiger charge is -2.32. The predicted octanol–water partition coefficient (Wildman–Crippen LogP) is 2.36. The van der Waals surface area contributed by atoms with Crippen LogP contribution in [0.15, 0.2) is 29.3 Å². The first-order valence-corrected chi connectivity index (χ1v) is 10.1. The molecule has 1 aliphatic rings. The lowest BCUT2D eigenvalue weighted by molar-refractivity contribution is -0.127. The monoisotopic (exact) mass is 531 g/mol. The molecule has 1 heterocycles. The van der Waals surface area contributed by atoms with Crippen LogP contribution in [0, 0.1) is 6.92 Å². The molecule has 1 aliphatic heterocycles. The standard InChI is InChI=1S/C21H33N5O3.HI/c1-5-29-21(28)26-11-9-18(10-12-26)24-20(23-15-19(27)25(3)4)22-14-17-8-6-7-16(2)13-17;/h6-8,13,18H,5,9-12,14-15H2,1-4H3,(H2,22,23,24);1H. The van der Waals surface area contributed by atoms with Crippen molar-refractivity contribution in [2.75, 3.05) is 40.3 Å². The SMILES string of the molecule is CCOC(=O)N1CCC(NC(=NCc2cccc(C)c2)NCC(=O)N(C)C)CC1.I. The van der Waals surface area contributed by atoms with Gasteiger partial charge in [0.2, 0.25) is 5.91 Å². The summed E-state index contributed by atoms with van der Waals surface area (Å²) in [6, 6.07) is 8.39. The zero-order valence-corrected chi connectivity index (χ0v) is 20.6. The van der Waals surface area contributed by atoms with Crippen molar-refractivity contribution in [1.82, 2.24) is 20.4 Å². The van der Waals surface area contributed by atoms with Crippen LogP contribution in [-0.4, -0.2) is 74.1 Å². The summed E-state index contributed by atoms with van der Waals surface area (Å²) in [7, 11) is 3.46. The fraction of sp³-hybridized carbons (Fsp3) is 0.571. The van der Waals surface area contributed by atoms with Gasteiger partial charge in [-0.25, -0.2) is 9.79 Å². The molecule has 0 aliphatic carbocycles. The molecular weight excluding hydrogens is 497 g/mol. The Kier molecular flexibility index (Phi) is 11.5. The molecule has 2 rings (SSSR count). The van der Waals surface area contributed by atoms with Crippen molar-refractivity contribution in [3.05, 3.63) is 35.4 Å². The number of aliphatic imine (C=N–C) groups is 1. The third-order valence-corrected chi connectivity index (χ3v) is 4.77. The largest absolute Gasteiger partial charge is 0.450 e. The van der Waals surface area contributed by atoms with Gasteiger partial charge in [0.25, 0.3) is 0 Å². The number of amides is 2. The van der Waals surface area contributed by atoms with Gasteiger partial charge in [-0.15, -0.1) is 24.0 Å². The van der Waals surface area contributed by atoms with Crippen LogP contribution in [0.2, 0.25) is 0 Å². The molecule has 1 fully saturated rings. The van der Waals surface area contributed by atoms with E-state index in [1.807, 2.05) is 19.1 Å². The van der Waals surface area contributed by atoms with Crippen molar-refractivity contribution in [2.45, 2.75) is 39.3 Å². The lowest BCUT2D eigenvalue weighted by atomic mass is 10.1. The minimum Gasteiger partial charge on any atom is -0.450 e. The highest BCUT2D eigenvalue weighted by Crippen LogP contribution is 2.12. The number of nitrogens with one attached hydrogen (secondary N) is 2. The highest BCUT2D eigenvalue weighted by Gasteiger charge is 2.24. The van der Waals surface area contributed by atoms with Gasteiger partial charge in [-0.3, -0.25) is 4.79 Å². The maximum Gasteiger partial charge on any atom is 0.409 e. The topological polar surface area (TPSA) is 86.3 Å². The van der Waals surface area contributed by atoms with Crippen molar-refractivity contribution in [2.24, 2.45) is 4.99 Å². The average Bonchev–Trinajstić information content (AvgIpc) is 2.70. The van der Waals surface area contributed by atoms with Crippen LogP contribution >= 0.6 is 24.0 Å². The number of carbonyl (C=O) groups excluding carboxylic acids is 2. The quantitative estimate of drug-likeness (QED) is 0.335. The number of ether oxygens (including phenoxy) is 1. The van der Waals surface area contributed by atoms with E-state index in [-0.39, 0.29) is 48.6 Å². The number of halogens is 1. The third kappa shape index (κ3) is 8.76. The number of rotatable bonds is 6. The summed E-state index contributed by atoms with van der Waals surface area (Å²) < 4.78 is 5.07. The van der Waals surface area contributed by atoms with Gasteiger partial charge in [0.05, 0.1) is 19.7 Å². The fourth-order valence-electron chi connectivity index (χ4n) is 3.07. The Balaban J connectivity index is 0.00000450. The average molecular weight is 531 g/mol. The molecule has 1 saturated heterocycles. The summed E-state index contributed by atoms with van der Waals surface area (Å²) in [5, 5.41) is 6.55. The van der Waals surface area contributed by atoms with E-state index in [0.29, 0.717) is 32.2 Å². The van der Waals surface area contributed by atoms with Gasteiger partial charge in [0.1, 0.15) is 0 Å². The van der Waals surface area contributed by atoms with Crippen LogP contribution in [0.1, 0.15) is 30.9 Å². The summed E-state index contributed by atoms with van der Waals surface area (Å²) in [6.07, 6.45) is 1.34. The van der Waals surface area contributed by atoms with E-state index < -0.39 is 0 Å². The number of hydrogen-bond donors (Lipinski definition) is 2. The van der Waals surface area contributed by atoms with Gasteiger partial charge in [-0.1, -0.05) is 29.8 Å². The Labute approximate surface area is 196 Å². The first-order valence-electron chi connectivity index (χ1n) is 10.1. The molecule has 0 bridgehead atoms. The van der Waals surface area contributed by atoms with Crippen LogP contribution in [0.4, 0.5) is 4.79 Å². The van der Waals surface area contributed by atoms with E-state index in [2.05, 4.69) is 34.7 Å². The van der Waals surface area contributed by atoms with E-state index >= 15 is 0 Å². The molecule has 30 heavy (non-hydrogen) atoms. The van der Waals surface area contributed by atoms with Crippen LogP contribution in [0.3, 0.4) is 0 Å². The molecule has 0 aromatic heterocycles. The molecule has 0 saturated carbocycles. The second-order valence-electron chi connectivity index (χ2n) is 7.40. The van der Waals surface area contributed by atoms with Gasteiger partial charge in [0.15, 0.2) is 5.96 Å². The Hall–Kier alpha value is -2.04. The maximum atomic E-state index is 12.0. The molecule has 0 spiro atoms. The molecule has 2 N–H and O–H groups in total. The fourth-order valence-corrected chi connectivity index (χ4v) is 3.07. The minimum atomic E-state index is -0.256. The molecule has 168 valence electrons. The molecule has 0 unspecified atom stereocenters. The van der Waals surface area contributed by atoms with Crippen LogP contribution in [-0.2, 0) is 16.1 Å². The number of hydrogen-bond acceptors (Lipinski definition) is 4. The number of nitrogens with zero attached hydrogens (tertiary/aromatic N) is 3. The summed E-state index contributed by atoms with van der Waals surface area (Å²) in [5.41, 5.74) is 2.30.